The van der Waals surface area contributed by atoms with E-state index in [2.05, 4.69) is 0 Å². The molecule has 17 heavy (non-hydrogen) atoms. The van der Waals surface area contributed by atoms with Crippen molar-refractivity contribution in [2.24, 2.45) is 0 Å². The van der Waals surface area contributed by atoms with Gasteiger partial charge >= 0.3 is 0 Å². The van der Waals surface area contributed by atoms with E-state index in [4.69, 9.17) is 17.0 Å². The van der Waals surface area contributed by atoms with Crippen LogP contribution >= 0.6 is 24.0 Å². The second-order valence-corrected chi connectivity index (χ2v) is 5.23. The molecule has 0 spiro atoms. The first-order valence-electron chi connectivity index (χ1n) is 5.44. The molecule has 0 radical (unpaired) electrons. The highest BCUT2D eigenvalue weighted by Gasteiger charge is 2.26. The molecule has 1 amide bonds. The third-order valence-electron chi connectivity index (χ3n) is 2.42. The maximum absolute atomic E-state index is 12.3. The van der Waals surface area contributed by atoms with E-state index in [0.29, 0.717) is 28.8 Å². The van der Waals surface area contributed by atoms with Gasteiger partial charge < -0.3 is 4.74 Å². The lowest BCUT2D eigenvalue weighted by Gasteiger charge is -2.16. The Balaban J connectivity index is 2.27. The molecular formula is C12H13NO2S2. The molecule has 90 valence electrons. The average molecular weight is 267 g/mol. The second kappa shape index (κ2) is 5.51. The van der Waals surface area contributed by atoms with Crippen molar-refractivity contribution in [3.8, 4) is 5.75 Å². The minimum atomic E-state index is -0.0657. The molecular weight excluding hydrogens is 254 g/mol. The van der Waals surface area contributed by atoms with Gasteiger partial charge in [-0.05, 0) is 19.1 Å². The van der Waals surface area contributed by atoms with E-state index >= 15 is 0 Å². The summed E-state index contributed by atoms with van der Waals surface area (Å²) >= 11 is 6.70. The maximum atomic E-state index is 12.3. The Hall–Kier alpha value is -1.07. The summed E-state index contributed by atoms with van der Waals surface area (Å²) in [5.74, 6) is 1.44. The lowest BCUT2D eigenvalue weighted by atomic mass is 10.2. The van der Waals surface area contributed by atoms with Crippen molar-refractivity contribution in [2.45, 2.75) is 6.92 Å². The Morgan fingerprint density at radius 2 is 2.29 bits per heavy atom. The monoisotopic (exact) mass is 267 g/mol. The molecule has 0 N–H and O–H groups in total. The first-order chi connectivity index (χ1) is 8.24. The number of para-hydroxylation sites is 1. The molecule has 3 nitrogen and oxygen atoms in total. The predicted octanol–water partition coefficient (Wildman–Crippen LogP) is 2.56. The fourth-order valence-electron chi connectivity index (χ4n) is 1.65. The van der Waals surface area contributed by atoms with Crippen LogP contribution in [0.25, 0.3) is 0 Å². The number of ether oxygens (including phenoxy) is 1. The molecule has 1 saturated heterocycles. The average Bonchev–Trinajstić information content (AvgIpc) is 2.76. The normalized spacial score (nSPS) is 15.1. The van der Waals surface area contributed by atoms with Crippen molar-refractivity contribution < 1.29 is 9.53 Å². The Labute approximate surface area is 110 Å². The Kier molecular flexibility index (Phi) is 4.02. The summed E-state index contributed by atoms with van der Waals surface area (Å²) in [5, 5.41) is 0. The zero-order chi connectivity index (χ0) is 12.3. The van der Waals surface area contributed by atoms with Gasteiger partial charge in [-0.15, -0.1) is 0 Å². The van der Waals surface area contributed by atoms with Gasteiger partial charge in [0, 0.05) is 12.3 Å². The van der Waals surface area contributed by atoms with E-state index in [9.17, 15) is 4.79 Å². The van der Waals surface area contributed by atoms with Gasteiger partial charge in [-0.1, -0.05) is 36.1 Å². The molecule has 0 atom stereocenters. The number of amides is 1. The van der Waals surface area contributed by atoms with Crippen LogP contribution in [0.1, 0.15) is 17.3 Å². The molecule has 2 rings (SSSR count). The van der Waals surface area contributed by atoms with Gasteiger partial charge in [0.15, 0.2) is 0 Å². The molecule has 1 aliphatic heterocycles. The second-order valence-electron chi connectivity index (χ2n) is 3.50. The van der Waals surface area contributed by atoms with Crippen molar-refractivity contribution in [3.05, 3.63) is 29.8 Å². The van der Waals surface area contributed by atoms with Gasteiger partial charge in [-0.3, -0.25) is 9.69 Å². The number of hydrogen-bond acceptors (Lipinski definition) is 4. The molecule has 1 aliphatic rings. The molecule has 0 saturated carbocycles. The van der Waals surface area contributed by atoms with Crippen LogP contribution in [0.15, 0.2) is 24.3 Å². The lowest BCUT2D eigenvalue weighted by molar-refractivity contribution is 0.0857. The zero-order valence-corrected chi connectivity index (χ0v) is 11.1. The molecule has 5 heteroatoms. The summed E-state index contributed by atoms with van der Waals surface area (Å²) in [5.41, 5.74) is 0.583. The summed E-state index contributed by atoms with van der Waals surface area (Å²) in [4.78, 5) is 13.9. The summed E-state index contributed by atoms with van der Waals surface area (Å²) in [6.45, 7) is 3.13. The van der Waals surface area contributed by atoms with E-state index < -0.39 is 0 Å². The van der Waals surface area contributed by atoms with Gasteiger partial charge in [0.05, 0.1) is 12.2 Å². The number of rotatable bonds is 3. The molecule has 0 bridgehead atoms. The number of benzene rings is 1. The van der Waals surface area contributed by atoms with Crippen LogP contribution in [-0.4, -0.2) is 34.0 Å². The quantitative estimate of drug-likeness (QED) is 0.787. The highest BCUT2D eigenvalue weighted by atomic mass is 32.2. The van der Waals surface area contributed by atoms with Crippen molar-refractivity contribution >= 4 is 34.2 Å². The predicted molar refractivity (Wildman–Crippen MR) is 73.7 cm³/mol. The van der Waals surface area contributed by atoms with E-state index in [1.807, 2.05) is 25.1 Å². The van der Waals surface area contributed by atoms with Gasteiger partial charge in [0.1, 0.15) is 10.1 Å². The molecule has 1 fully saturated rings. The summed E-state index contributed by atoms with van der Waals surface area (Å²) in [6, 6.07) is 7.28. The van der Waals surface area contributed by atoms with E-state index in [0.717, 1.165) is 5.75 Å². The number of carbonyl (C=O) groups excluding carboxylic acids is 1. The Morgan fingerprint density at radius 3 is 2.94 bits per heavy atom. The zero-order valence-electron chi connectivity index (χ0n) is 9.51. The van der Waals surface area contributed by atoms with Crippen LogP contribution < -0.4 is 4.74 Å². The van der Waals surface area contributed by atoms with Crippen LogP contribution in [0.2, 0.25) is 0 Å². The smallest absolute Gasteiger partial charge is 0.263 e. The Bertz CT molecular complexity index is 448. The number of thioether (sulfide) groups is 1. The summed E-state index contributed by atoms with van der Waals surface area (Å²) in [7, 11) is 0. The van der Waals surface area contributed by atoms with Gasteiger partial charge in [-0.25, -0.2) is 0 Å². The number of nitrogens with zero attached hydrogens (tertiary/aromatic N) is 1. The first kappa shape index (κ1) is 12.4. The largest absolute Gasteiger partial charge is 0.493 e. The minimum Gasteiger partial charge on any atom is -0.493 e. The van der Waals surface area contributed by atoms with Crippen LogP contribution in [0.5, 0.6) is 5.75 Å². The molecule has 1 aromatic carbocycles. The van der Waals surface area contributed by atoms with Gasteiger partial charge in [0.2, 0.25) is 0 Å². The van der Waals surface area contributed by atoms with Crippen molar-refractivity contribution in [2.75, 3.05) is 18.9 Å². The third kappa shape index (κ3) is 2.61. The number of hydrogen-bond donors (Lipinski definition) is 0. The number of carbonyl (C=O) groups is 1. The van der Waals surface area contributed by atoms with Crippen LogP contribution in [0.4, 0.5) is 0 Å². The van der Waals surface area contributed by atoms with Gasteiger partial charge in [-0.2, -0.15) is 0 Å². The van der Waals surface area contributed by atoms with Crippen LogP contribution in [0, 0.1) is 0 Å². The third-order valence-corrected chi connectivity index (χ3v) is 3.85. The molecule has 0 aromatic heterocycles. The SMILES string of the molecule is CCOc1ccccc1C(=O)N1CCSC1=S. The highest BCUT2D eigenvalue weighted by Crippen LogP contribution is 2.25. The van der Waals surface area contributed by atoms with Crippen molar-refractivity contribution in [3.63, 3.8) is 0 Å². The van der Waals surface area contributed by atoms with E-state index in [-0.39, 0.29) is 5.91 Å². The van der Waals surface area contributed by atoms with E-state index in [1.54, 1.807) is 22.7 Å². The summed E-state index contributed by atoms with van der Waals surface area (Å²) < 4.78 is 6.11. The summed E-state index contributed by atoms with van der Waals surface area (Å²) in [6.07, 6.45) is 0. The highest BCUT2D eigenvalue weighted by molar-refractivity contribution is 8.23. The van der Waals surface area contributed by atoms with Crippen molar-refractivity contribution in [1.82, 2.24) is 4.90 Å². The standard InChI is InChI=1S/C12H13NO2S2/c1-2-15-10-6-4-3-5-9(10)11(14)13-7-8-17-12(13)16/h3-6H,2,7-8H2,1H3. The molecule has 0 aliphatic carbocycles. The lowest BCUT2D eigenvalue weighted by Crippen LogP contribution is -2.31. The minimum absolute atomic E-state index is 0.0657. The van der Waals surface area contributed by atoms with Crippen molar-refractivity contribution in [1.29, 1.82) is 0 Å². The fourth-order valence-corrected chi connectivity index (χ4v) is 2.85. The fraction of sp³-hybridized carbons (Fsp3) is 0.333. The number of thiocarbonyl (C=S) groups is 1. The maximum Gasteiger partial charge on any atom is 0.263 e. The van der Waals surface area contributed by atoms with Crippen LogP contribution in [0.3, 0.4) is 0 Å². The van der Waals surface area contributed by atoms with Crippen LogP contribution in [-0.2, 0) is 0 Å². The Morgan fingerprint density at radius 1 is 1.53 bits per heavy atom. The van der Waals surface area contributed by atoms with E-state index in [1.165, 1.54) is 0 Å². The first-order valence-corrected chi connectivity index (χ1v) is 6.84. The molecule has 0 unspecified atom stereocenters. The molecule has 1 heterocycles. The van der Waals surface area contributed by atoms with Gasteiger partial charge in [0.25, 0.3) is 5.91 Å². The topological polar surface area (TPSA) is 29.5 Å². The molecule has 1 aromatic rings.